The van der Waals surface area contributed by atoms with Gasteiger partial charge in [-0.15, -0.1) is 0 Å². The van der Waals surface area contributed by atoms with Gasteiger partial charge in [0.25, 0.3) is 0 Å². The fourth-order valence-electron chi connectivity index (χ4n) is 3.73. The third kappa shape index (κ3) is 2.01. The first-order valence-corrected chi connectivity index (χ1v) is 7.54. The molecule has 0 radical (unpaired) electrons. The fraction of sp³-hybridized carbons (Fsp3) is 0.529. The van der Waals surface area contributed by atoms with Crippen molar-refractivity contribution >= 4 is 10.9 Å². The topological polar surface area (TPSA) is 40.2 Å². The molecule has 1 aromatic heterocycles. The van der Waals surface area contributed by atoms with Crippen molar-refractivity contribution in [1.29, 1.82) is 0 Å². The number of hydrogen-bond donors (Lipinski definition) is 1. The molecule has 0 atom stereocenters. The van der Waals surface area contributed by atoms with Crippen molar-refractivity contribution in [2.45, 2.75) is 37.5 Å². The van der Waals surface area contributed by atoms with Gasteiger partial charge in [0.1, 0.15) is 5.75 Å². The number of methoxy groups -OCH3 is 1. The van der Waals surface area contributed by atoms with E-state index in [0.717, 1.165) is 12.3 Å². The molecule has 0 saturated heterocycles. The van der Waals surface area contributed by atoms with Crippen molar-refractivity contribution in [3.63, 3.8) is 0 Å². The Morgan fingerprint density at radius 1 is 1.25 bits per heavy atom. The van der Waals surface area contributed by atoms with Crippen molar-refractivity contribution in [2.24, 2.45) is 12.8 Å². The lowest BCUT2D eigenvalue weighted by molar-refractivity contribution is 0.302. The first kappa shape index (κ1) is 13.5. The van der Waals surface area contributed by atoms with E-state index in [1.807, 2.05) is 0 Å². The smallest absolute Gasteiger partial charge is 0.120 e. The van der Waals surface area contributed by atoms with Gasteiger partial charge in [0.2, 0.25) is 0 Å². The van der Waals surface area contributed by atoms with Crippen LogP contribution in [0, 0.1) is 0 Å². The van der Waals surface area contributed by atoms with Crippen molar-refractivity contribution in [1.82, 2.24) is 4.57 Å². The molecule has 1 aliphatic carbocycles. The van der Waals surface area contributed by atoms with Crippen LogP contribution in [0.1, 0.15) is 37.7 Å². The average Bonchev–Trinajstić information content (AvgIpc) is 2.85. The van der Waals surface area contributed by atoms with E-state index in [-0.39, 0.29) is 5.41 Å². The number of nitrogens with two attached hydrogens (primary N) is 1. The standard InChI is InChI=1S/C17H24N2O/c1-19-11-15(17(12-18)8-4-3-5-9-17)14-7-6-13(20-2)10-16(14)19/h6-7,10-11H,3-5,8-9,12,18H2,1-2H3. The SMILES string of the molecule is COc1ccc2c(C3(CN)CCCCC3)cn(C)c2c1. The molecule has 0 bridgehead atoms. The maximum Gasteiger partial charge on any atom is 0.120 e. The van der Waals surface area contributed by atoms with Gasteiger partial charge in [0.05, 0.1) is 12.6 Å². The Bertz CT molecular complexity index is 609. The van der Waals surface area contributed by atoms with Gasteiger partial charge in [-0.25, -0.2) is 0 Å². The minimum atomic E-state index is 0.173. The molecule has 0 amide bonds. The molecule has 108 valence electrons. The highest BCUT2D eigenvalue weighted by atomic mass is 16.5. The van der Waals surface area contributed by atoms with Gasteiger partial charge in [0, 0.05) is 36.7 Å². The van der Waals surface area contributed by atoms with Crippen molar-refractivity contribution in [2.75, 3.05) is 13.7 Å². The Morgan fingerprint density at radius 3 is 2.65 bits per heavy atom. The first-order valence-electron chi connectivity index (χ1n) is 7.54. The first-order chi connectivity index (χ1) is 9.70. The van der Waals surface area contributed by atoms with Gasteiger partial charge < -0.3 is 15.0 Å². The molecule has 3 rings (SSSR count). The van der Waals surface area contributed by atoms with E-state index in [4.69, 9.17) is 10.5 Å². The Balaban J connectivity index is 2.15. The molecule has 1 aromatic carbocycles. The normalized spacial score (nSPS) is 18.4. The van der Waals surface area contributed by atoms with Gasteiger partial charge in [0.15, 0.2) is 0 Å². The number of benzene rings is 1. The van der Waals surface area contributed by atoms with Crippen LogP contribution in [-0.2, 0) is 12.5 Å². The lowest BCUT2D eigenvalue weighted by atomic mass is 9.69. The summed E-state index contributed by atoms with van der Waals surface area (Å²) < 4.78 is 7.55. The summed E-state index contributed by atoms with van der Waals surface area (Å²) in [5.74, 6) is 0.913. The van der Waals surface area contributed by atoms with Crippen molar-refractivity contribution in [3.8, 4) is 5.75 Å². The second-order valence-electron chi connectivity index (χ2n) is 6.08. The molecule has 1 aliphatic rings. The molecule has 0 aliphatic heterocycles. The number of ether oxygens (including phenoxy) is 1. The van der Waals surface area contributed by atoms with E-state index in [2.05, 4.69) is 36.0 Å². The zero-order chi connectivity index (χ0) is 14.2. The molecule has 1 saturated carbocycles. The third-order valence-electron chi connectivity index (χ3n) is 4.97. The number of rotatable bonds is 3. The monoisotopic (exact) mass is 272 g/mol. The largest absolute Gasteiger partial charge is 0.497 e. The minimum Gasteiger partial charge on any atom is -0.497 e. The van der Waals surface area contributed by atoms with E-state index in [1.54, 1.807) is 7.11 Å². The predicted octanol–water partition coefficient (Wildman–Crippen LogP) is 3.35. The number of nitrogens with zero attached hydrogens (tertiary/aromatic N) is 1. The molecule has 1 heterocycles. The fourth-order valence-corrected chi connectivity index (χ4v) is 3.73. The summed E-state index contributed by atoms with van der Waals surface area (Å²) in [7, 11) is 3.83. The maximum atomic E-state index is 6.19. The Kier molecular flexibility index (Phi) is 3.47. The van der Waals surface area contributed by atoms with Gasteiger partial charge in [-0.2, -0.15) is 0 Å². The molecule has 3 heteroatoms. The average molecular weight is 272 g/mol. The Hall–Kier alpha value is -1.48. The van der Waals surface area contributed by atoms with Gasteiger partial charge in [-0.3, -0.25) is 0 Å². The van der Waals surface area contributed by atoms with Gasteiger partial charge in [-0.05, 0) is 30.5 Å². The van der Waals surface area contributed by atoms with Gasteiger partial charge >= 0.3 is 0 Å². The van der Waals surface area contributed by atoms with E-state index in [0.29, 0.717) is 0 Å². The van der Waals surface area contributed by atoms with Gasteiger partial charge in [-0.1, -0.05) is 19.3 Å². The molecular weight excluding hydrogens is 248 g/mol. The number of hydrogen-bond acceptors (Lipinski definition) is 2. The van der Waals surface area contributed by atoms with Crippen molar-refractivity contribution in [3.05, 3.63) is 30.0 Å². The predicted molar refractivity (Wildman–Crippen MR) is 83.3 cm³/mol. The Labute approximate surface area is 120 Å². The zero-order valence-corrected chi connectivity index (χ0v) is 12.5. The van der Waals surface area contributed by atoms with Crippen LogP contribution in [0.2, 0.25) is 0 Å². The van der Waals surface area contributed by atoms with Crippen LogP contribution in [0.5, 0.6) is 5.75 Å². The summed E-state index contributed by atoms with van der Waals surface area (Å²) >= 11 is 0. The molecular formula is C17H24N2O. The number of aryl methyl sites for hydroxylation is 1. The molecule has 0 unspecified atom stereocenters. The van der Waals surface area contributed by atoms with Crippen LogP contribution < -0.4 is 10.5 Å². The molecule has 20 heavy (non-hydrogen) atoms. The highest BCUT2D eigenvalue weighted by Crippen LogP contribution is 2.42. The van der Waals surface area contributed by atoms with Crippen LogP contribution in [0.3, 0.4) is 0 Å². The lowest BCUT2D eigenvalue weighted by Gasteiger charge is -2.36. The zero-order valence-electron chi connectivity index (χ0n) is 12.5. The van der Waals surface area contributed by atoms with Crippen LogP contribution in [0.15, 0.2) is 24.4 Å². The van der Waals surface area contributed by atoms with E-state index in [9.17, 15) is 0 Å². The molecule has 2 N–H and O–H groups in total. The molecule has 0 spiro atoms. The number of aromatic nitrogens is 1. The second-order valence-corrected chi connectivity index (χ2v) is 6.08. The summed E-state index contributed by atoms with van der Waals surface area (Å²) in [6.07, 6.45) is 8.65. The van der Waals surface area contributed by atoms with Crippen LogP contribution >= 0.6 is 0 Å². The van der Waals surface area contributed by atoms with Crippen LogP contribution in [0.4, 0.5) is 0 Å². The summed E-state index contributed by atoms with van der Waals surface area (Å²) in [4.78, 5) is 0. The summed E-state index contributed by atoms with van der Waals surface area (Å²) in [5, 5.41) is 1.33. The van der Waals surface area contributed by atoms with Crippen LogP contribution in [-0.4, -0.2) is 18.2 Å². The van der Waals surface area contributed by atoms with E-state index < -0.39 is 0 Å². The van der Waals surface area contributed by atoms with E-state index in [1.165, 1.54) is 48.6 Å². The lowest BCUT2D eigenvalue weighted by Crippen LogP contribution is -2.37. The summed E-state index contributed by atoms with van der Waals surface area (Å²) in [5.41, 5.74) is 9.03. The second kappa shape index (κ2) is 5.13. The number of fused-ring (bicyclic) bond motifs is 1. The molecule has 1 fully saturated rings. The highest BCUT2D eigenvalue weighted by Gasteiger charge is 2.34. The van der Waals surface area contributed by atoms with Crippen molar-refractivity contribution < 1.29 is 4.74 Å². The maximum absolute atomic E-state index is 6.19. The summed E-state index contributed by atoms with van der Waals surface area (Å²) in [6, 6.07) is 6.36. The van der Waals surface area contributed by atoms with E-state index >= 15 is 0 Å². The molecule has 2 aromatic rings. The highest BCUT2D eigenvalue weighted by molar-refractivity contribution is 5.86. The van der Waals surface area contributed by atoms with Crippen LogP contribution in [0.25, 0.3) is 10.9 Å². The molecule has 3 nitrogen and oxygen atoms in total. The minimum absolute atomic E-state index is 0.173. The quantitative estimate of drug-likeness (QED) is 0.931. The Morgan fingerprint density at radius 2 is 2.00 bits per heavy atom. The summed E-state index contributed by atoms with van der Waals surface area (Å²) in [6.45, 7) is 0.748. The third-order valence-corrected chi connectivity index (χ3v) is 4.97.